The molecule has 2 aromatic rings. The summed E-state index contributed by atoms with van der Waals surface area (Å²) in [5.41, 5.74) is 1.88. The fourth-order valence-electron chi connectivity index (χ4n) is 2.00. The van der Waals surface area contributed by atoms with Crippen LogP contribution in [0.25, 0.3) is 0 Å². The predicted molar refractivity (Wildman–Crippen MR) is 74.5 cm³/mol. The number of nitro groups is 1. The standard InChI is InChI=1S/C15H17NO4/c1-2-3-4-11-5-7-12(8-6-11)15(17)13-9-10-14(20-13)16(18)19/h5-10,15,17H,2-4H2,1H3. The molecule has 1 heterocycles. The molecule has 2 rings (SSSR count). The maximum atomic E-state index is 10.5. The van der Waals surface area contributed by atoms with E-state index in [1.807, 2.05) is 24.3 Å². The fourth-order valence-corrected chi connectivity index (χ4v) is 2.00. The van der Waals surface area contributed by atoms with Crippen LogP contribution in [0, 0.1) is 10.1 Å². The van der Waals surface area contributed by atoms with Crippen LogP contribution in [0.15, 0.2) is 40.8 Å². The third-order valence-corrected chi connectivity index (χ3v) is 3.18. The van der Waals surface area contributed by atoms with Gasteiger partial charge in [0, 0.05) is 0 Å². The van der Waals surface area contributed by atoms with Gasteiger partial charge in [0.2, 0.25) is 0 Å². The maximum Gasteiger partial charge on any atom is 0.433 e. The Morgan fingerprint density at radius 2 is 1.95 bits per heavy atom. The molecular formula is C15H17NO4. The van der Waals surface area contributed by atoms with Gasteiger partial charge < -0.3 is 9.52 Å². The van der Waals surface area contributed by atoms with Gasteiger partial charge in [0.25, 0.3) is 0 Å². The zero-order valence-electron chi connectivity index (χ0n) is 11.3. The van der Waals surface area contributed by atoms with Gasteiger partial charge in [0.15, 0.2) is 0 Å². The molecule has 1 atom stereocenters. The van der Waals surface area contributed by atoms with E-state index in [9.17, 15) is 15.2 Å². The molecule has 0 saturated heterocycles. The minimum Gasteiger partial charge on any atom is -0.403 e. The average Bonchev–Trinajstić information content (AvgIpc) is 2.95. The van der Waals surface area contributed by atoms with Crippen LogP contribution >= 0.6 is 0 Å². The van der Waals surface area contributed by atoms with E-state index in [1.165, 1.54) is 17.7 Å². The summed E-state index contributed by atoms with van der Waals surface area (Å²) in [5, 5.41) is 20.7. The van der Waals surface area contributed by atoms with Crippen molar-refractivity contribution in [3.8, 4) is 0 Å². The lowest BCUT2D eigenvalue weighted by molar-refractivity contribution is -0.402. The van der Waals surface area contributed by atoms with Crippen LogP contribution in [0.5, 0.6) is 0 Å². The summed E-state index contributed by atoms with van der Waals surface area (Å²) >= 11 is 0. The lowest BCUT2D eigenvalue weighted by atomic mass is 10.0. The first kappa shape index (κ1) is 14.3. The minimum absolute atomic E-state index is 0.179. The number of furan rings is 1. The van der Waals surface area contributed by atoms with Gasteiger partial charge in [-0.2, -0.15) is 0 Å². The third kappa shape index (κ3) is 3.24. The van der Waals surface area contributed by atoms with E-state index in [1.54, 1.807) is 0 Å². The lowest BCUT2D eigenvalue weighted by Gasteiger charge is -2.08. The molecule has 0 saturated carbocycles. The largest absolute Gasteiger partial charge is 0.433 e. The van der Waals surface area contributed by atoms with Crippen molar-refractivity contribution < 1.29 is 14.4 Å². The Kier molecular flexibility index (Phi) is 4.53. The SMILES string of the molecule is CCCCc1ccc(C(O)c2ccc([N+](=O)[O-])o2)cc1. The van der Waals surface area contributed by atoms with Crippen molar-refractivity contribution in [2.75, 3.05) is 0 Å². The highest BCUT2D eigenvalue weighted by Gasteiger charge is 2.19. The Morgan fingerprint density at radius 3 is 2.50 bits per heavy atom. The summed E-state index contributed by atoms with van der Waals surface area (Å²) in [6.07, 6.45) is 2.30. The van der Waals surface area contributed by atoms with E-state index in [4.69, 9.17) is 4.42 Å². The van der Waals surface area contributed by atoms with Crippen molar-refractivity contribution in [3.63, 3.8) is 0 Å². The highest BCUT2D eigenvalue weighted by atomic mass is 16.6. The topological polar surface area (TPSA) is 76.5 Å². The molecule has 5 heteroatoms. The molecule has 0 spiro atoms. The molecule has 0 aliphatic carbocycles. The van der Waals surface area contributed by atoms with Crippen LogP contribution in [0.2, 0.25) is 0 Å². The van der Waals surface area contributed by atoms with Gasteiger partial charge in [-0.15, -0.1) is 0 Å². The zero-order chi connectivity index (χ0) is 14.5. The molecule has 1 aromatic heterocycles. The van der Waals surface area contributed by atoms with Gasteiger partial charge in [0.1, 0.15) is 16.8 Å². The average molecular weight is 275 g/mol. The third-order valence-electron chi connectivity index (χ3n) is 3.18. The molecular weight excluding hydrogens is 258 g/mol. The van der Waals surface area contributed by atoms with E-state index in [0.717, 1.165) is 19.3 Å². The Bertz CT molecular complexity index is 574. The van der Waals surface area contributed by atoms with Crippen LogP contribution < -0.4 is 0 Å². The van der Waals surface area contributed by atoms with Crippen LogP contribution in [-0.2, 0) is 6.42 Å². The zero-order valence-corrected chi connectivity index (χ0v) is 11.3. The monoisotopic (exact) mass is 275 g/mol. The van der Waals surface area contributed by atoms with Crippen LogP contribution in [0.1, 0.15) is 42.8 Å². The number of rotatable bonds is 6. The van der Waals surface area contributed by atoms with E-state index in [-0.39, 0.29) is 11.6 Å². The second kappa shape index (κ2) is 6.34. The summed E-state index contributed by atoms with van der Waals surface area (Å²) in [6, 6.07) is 10.2. The first-order valence-electron chi connectivity index (χ1n) is 6.63. The Morgan fingerprint density at radius 1 is 1.25 bits per heavy atom. The van der Waals surface area contributed by atoms with Gasteiger partial charge in [-0.1, -0.05) is 37.6 Å². The molecule has 1 unspecified atom stereocenters. The van der Waals surface area contributed by atoms with E-state index >= 15 is 0 Å². The molecule has 0 fully saturated rings. The molecule has 20 heavy (non-hydrogen) atoms. The normalized spacial score (nSPS) is 12.3. The quantitative estimate of drug-likeness (QED) is 0.645. The summed E-state index contributed by atoms with van der Waals surface area (Å²) < 4.78 is 5.01. The number of benzene rings is 1. The highest BCUT2D eigenvalue weighted by Crippen LogP contribution is 2.27. The molecule has 0 radical (unpaired) electrons. The molecule has 0 aliphatic heterocycles. The Hall–Kier alpha value is -2.14. The molecule has 1 aromatic carbocycles. The molecule has 0 aliphatic rings. The van der Waals surface area contributed by atoms with E-state index < -0.39 is 11.0 Å². The number of hydrogen-bond donors (Lipinski definition) is 1. The van der Waals surface area contributed by atoms with Crippen molar-refractivity contribution in [1.82, 2.24) is 0 Å². The van der Waals surface area contributed by atoms with Crippen molar-refractivity contribution in [3.05, 3.63) is 63.4 Å². The number of aryl methyl sites for hydroxylation is 1. The van der Waals surface area contributed by atoms with Crippen LogP contribution in [-0.4, -0.2) is 10.0 Å². The lowest BCUT2D eigenvalue weighted by Crippen LogP contribution is -1.98. The Labute approximate surface area is 117 Å². The van der Waals surface area contributed by atoms with Gasteiger partial charge in [-0.05, 0) is 30.0 Å². The smallest absolute Gasteiger partial charge is 0.403 e. The van der Waals surface area contributed by atoms with E-state index in [2.05, 4.69) is 6.92 Å². The van der Waals surface area contributed by atoms with Gasteiger partial charge in [-0.25, -0.2) is 0 Å². The maximum absolute atomic E-state index is 10.5. The van der Waals surface area contributed by atoms with Gasteiger partial charge >= 0.3 is 5.88 Å². The minimum atomic E-state index is -0.982. The number of aliphatic hydroxyl groups excluding tert-OH is 1. The molecule has 106 valence electrons. The first-order valence-corrected chi connectivity index (χ1v) is 6.63. The molecule has 1 N–H and O–H groups in total. The fraction of sp³-hybridized carbons (Fsp3) is 0.333. The summed E-state index contributed by atoms with van der Waals surface area (Å²) in [6.45, 7) is 2.14. The second-order valence-electron chi connectivity index (χ2n) is 4.68. The Balaban J connectivity index is 2.11. The van der Waals surface area contributed by atoms with Crippen LogP contribution in [0.4, 0.5) is 5.88 Å². The summed E-state index contributed by atoms with van der Waals surface area (Å²) in [7, 11) is 0. The highest BCUT2D eigenvalue weighted by molar-refractivity contribution is 5.30. The number of aliphatic hydroxyl groups is 1. The van der Waals surface area contributed by atoms with Crippen molar-refractivity contribution in [2.24, 2.45) is 0 Å². The molecule has 0 amide bonds. The molecule has 5 nitrogen and oxygen atoms in total. The van der Waals surface area contributed by atoms with Crippen molar-refractivity contribution in [1.29, 1.82) is 0 Å². The van der Waals surface area contributed by atoms with Crippen LogP contribution in [0.3, 0.4) is 0 Å². The number of hydrogen-bond acceptors (Lipinski definition) is 4. The van der Waals surface area contributed by atoms with Crippen molar-refractivity contribution in [2.45, 2.75) is 32.3 Å². The number of unbranched alkanes of at least 4 members (excludes halogenated alkanes) is 1. The summed E-state index contributed by atoms with van der Waals surface area (Å²) in [4.78, 5) is 9.93. The summed E-state index contributed by atoms with van der Waals surface area (Å²) in [5.74, 6) is -0.184. The molecule has 0 bridgehead atoms. The van der Waals surface area contributed by atoms with E-state index in [0.29, 0.717) is 5.56 Å². The van der Waals surface area contributed by atoms with Gasteiger partial charge in [-0.3, -0.25) is 10.1 Å². The van der Waals surface area contributed by atoms with Crippen molar-refractivity contribution >= 4 is 5.88 Å². The first-order chi connectivity index (χ1) is 9.61. The predicted octanol–water partition coefficient (Wildman–Crippen LogP) is 3.61. The second-order valence-corrected chi connectivity index (χ2v) is 4.68. The van der Waals surface area contributed by atoms with Gasteiger partial charge in [0.05, 0.1) is 6.07 Å². The number of nitrogens with zero attached hydrogens (tertiary/aromatic N) is 1.